The minimum atomic E-state index is -1.72. The number of hydrogen-bond acceptors (Lipinski definition) is 12. The Balaban J connectivity index is 1.76. The number of phenolic OH excluding ortho intramolecular Hbond substituents is 3. The number of phenols is 3. The van der Waals surface area contributed by atoms with Crippen molar-refractivity contribution in [2.24, 2.45) is 0 Å². The molecule has 1 aliphatic rings. The Hall–Kier alpha value is -3.55. The Labute approximate surface area is 184 Å². The van der Waals surface area contributed by atoms with Crippen molar-refractivity contribution in [1.29, 1.82) is 0 Å². The molecule has 3 aromatic rings. The summed E-state index contributed by atoms with van der Waals surface area (Å²) in [4.78, 5) is 12.6. The van der Waals surface area contributed by atoms with Crippen LogP contribution in [0.25, 0.3) is 22.3 Å². The average molecular weight is 464 g/mol. The zero-order chi connectivity index (χ0) is 24.0. The second-order valence-corrected chi connectivity index (χ2v) is 7.44. The van der Waals surface area contributed by atoms with Crippen LogP contribution in [0.2, 0.25) is 0 Å². The van der Waals surface area contributed by atoms with Crippen LogP contribution in [0.15, 0.2) is 39.5 Å². The van der Waals surface area contributed by atoms with Gasteiger partial charge in [0.05, 0.1) is 6.61 Å². The smallest absolute Gasteiger partial charge is 0.238 e. The maximum absolute atomic E-state index is 12.6. The van der Waals surface area contributed by atoms with E-state index in [2.05, 4.69) is 0 Å². The van der Waals surface area contributed by atoms with Crippen LogP contribution in [0.5, 0.6) is 28.7 Å². The van der Waals surface area contributed by atoms with Crippen molar-refractivity contribution in [2.45, 2.75) is 30.7 Å². The molecule has 4 rings (SSSR count). The van der Waals surface area contributed by atoms with E-state index < -0.39 is 65.7 Å². The number of hydrogen-bond donors (Lipinski definition) is 8. The van der Waals surface area contributed by atoms with Gasteiger partial charge in [-0.15, -0.1) is 0 Å². The van der Waals surface area contributed by atoms with Gasteiger partial charge < -0.3 is 54.7 Å². The zero-order valence-corrected chi connectivity index (χ0v) is 16.7. The van der Waals surface area contributed by atoms with Crippen molar-refractivity contribution in [3.63, 3.8) is 0 Å². The highest BCUT2D eigenvalue weighted by Gasteiger charge is 2.44. The van der Waals surface area contributed by atoms with E-state index in [4.69, 9.17) is 13.9 Å². The minimum absolute atomic E-state index is 0.0431. The summed E-state index contributed by atoms with van der Waals surface area (Å²) in [5, 5.41) is 78.6. The maximum Gasteiger partial charge on any atom is 0.238 e. The summed E-state index contributed by atoms with van der Waals surface area (Å²) in [5.41, 5.74) is -1.20. The standard InChI is InChI=1S/C21H20O12/c22-6-13-15(26)17(28)19(30)21(33-13)31-8-4-11(25)14-12(5-8)32-20(18(29)16(14)27)7-1-2-9(23)10(24)3-7/h1-5,13,15,17,19,21-26,28-30H,6H2/t13?,15-,17?,19+,21+/m1/s1. The average Bonchev–Trinajstić information content (AvgIpc) is 2.78. The molecule has 1 saturated heterocycles. The highest BCUT2D eigenvalue weighted by Crippen LogP contribution is 2.38. The van der Waals surface area contributed by atoms with E-state index in [1.807, 2.05) is 0 Å². The SMILES string of the molecule is O=c1c(O)c(-c2ccc(O)c(O)c2)oc2cc(O[C@H]3OC(CO)[C@@H](O)C(O)[C@@H]3O)cc(O)c12. The van der Waals surface area contributed by atoms with Crippen LogP contribution in [-0.4, -0.2) is 78.2 Å². The second kappa shape index (κ2) is 8.42. The van der Waals surface area contributed by atoms with Crippen LogP contribution < -0.4 is 10.2 Å². The van der Waals surface area contributed by atoms with Crippen molar-refractivity contribution >= 4 is 11.0 Å². The van der Waals surface area contributed by atoms with Crippen LogP contribution >= 0.6 is 0 Å². The first-order chi connectivity index (χ1) is 15.6. The molecule has 0 aliphatic carbocycles. The Morgan fingerprint density at radius 2 is 1.61 bits per heavy atom. The van der Waals surface area contributed by atoms with Crippen molar-refractivity contribution in [2.75, 3.05) is 6.61 Å². The molecule has 2 aromatic carbocycles. The lowest BCUT2D eigenvalue weighted by atomic mass is 9.99. The van der Waals surface area contributed by atoms with Gasteiger partial charge in [0.15, 0.2) is 17.3 Å². The summed E-state index contributed by atoms with van der Waals surface area (Å²) >= 11 is 0. The van der Waals surface area contributed by atoms with Crippen LogP contribution in [-0.2, 0) is 4.74 Å². The topological polar surface area (TPSA) is 211 Å². The molecule has 33 heavy (non-hydrogen) atoms. The van der Waals surface area contributed by atoms with E-state index in [-0.39, 0.29) is 28.0 Å². The summed E-state index contributed by atoms with van der Waals surface area (Å²) in [6.45, 7) is -0.676. The Kier molecular flexibility index (Phi) is 5.78. The van der Waals surface area contributed by atoms with Crippen LogP contribution in [0, 0.1) is 0 Å². The van der Waals surface area contributed by atoms with E-state index in [0.29, 0.717) is 0 Å². The largest absolute Gasteiger partial charge is 0.507 e. The number of aromatic hydroxyl groups is 4. The second-order valence-electron chi connectivity index (χ2n) is 7.44. The van der Waals surface area contributed by atoms with Crippen LogP contribution in [0.1, 0.15) is 0 Å². The third-order valence-electron chi connectivity index (χ3n) is 5.26. The molecule has 5 atom stereocenters. The molecule has 176 valence electrons. The molecule has 1 aliphatic heterocycles. The predicted molar refractivity (Wildman–Crippen MR) is 109 cm³/mol. The Bertz CT molecular complexity index is 1250. The minimum Gasteiger partial charge on any atom is -0.507 e. The first kappa shape index (κ1) is 22.6. The fraction of sp³-hybridized carbons (Fsp3) is 0.286. The molecule has 12 nitrogen and oxygen atoms in total. The number of ether oxygens (including phenoxy) is 2. The number of aliphatic hydroxyl groups is 4. The third-order valence-corrected chi connectivity index (χ3v) is 5.26. The van der Waals surface area contributed by atoms with E-state index >= 15 is 0 Å². The van der Waals surface area contributed by atoms with Crippen molar-refractivity contribution in [1.82, 2.24) is 0 Å². The van der Waals surface area contributed by atoms with E-state index in [1.54, 1.807) is 0 Å². The van der Waals surface area contributed by atoms with Crippen molar-refractivity contribution < 1.29 is 54.7 Å². The van der Waals surface area contributed by atoms with Gasteiger partial charge in [0, 0.05) is 17.7 Å². The van der Waals surface area contributed by atoms with Crippen LogP contribution in [0.3, 0.4) is 0 Å². The van der Waals surface area contributed by atoms with Crippen molar-refractivity contribution in [3.05, 3.63) is 40.6 Å². The number of rotatable bonds is 4. The highest BCUT2D eigenvalue weighted by atomic mass is 16.7. The molecule has 0 spiro atoms. The molecule has 0 bridgehead atoms. The quantitative estimate of drug-likeness (QED) is 0.229. The van der Waals surface area contributed by atoms with E-state index in [1.165, 1.54) is 6.07 Å². The Morgan fingerprint density at radius 1 is 0.879 bits per heavy atom. The van der Waals surface area contributed by atoms with E-state index in [9.17, 15) is 45.6 Å². The van der Waals surface area contributed by atoms with Gasteiger partial charge in [-0.05, 0) is 18.2 Å². The number of benzene rings is 2. The van der Waals surface area contributed by atoms with Crippen LogP contribution in [0.4, 0.5) is 0 Å². The molecule has 1 aromatic heterocycles. The molecule has 8 N–H and O–H groups in total. The van der Waals surface area contributed by atoms with Gasteiger partial charge in [0.1, 0.15) is 46.9 Å². The molecule has 1 fully saturated rings. The Morgan fingerprint density at radius 3 is 2.27 bits per heavy atom. The monoisotopic (exact) mass is 464 g/mol. The van der Waals surface area contributed by atoms with E-state index in [0.717, 1.165) is 24.3 Å². The summed E-state index contributed by atoms with van der Waals surface area (Å²) in [6.07, 6.45) is -7.80. The molecular weight excluding hydrogens is 444 g/mol. The first-order valence-corrected chi connectivity index (χ1v) is 9.64. The van der Waals surface area contributed by atoms with Gasteiger partial charge in [-0.2, -0.15) is 0 Å². The third kappa shape index (κ3) is 3.90. The lowest BCUT2D eigenvalue weighted by molar-refractivity contribution is -0.277. The lowest BCUT2D eigenvalue weighted by Crippen LogP contribution is -2.60. The number of fused-ring (bicyclic) bond motifs is 1. The first-order valence-electron chi connectivity index (χ1n) is 9.64. The molecular formula is C21H20O12. The molecule has 0 radical (unpaired) electrons. The van der Waals surface area contributed by atoms with Gasteiger partial charge in [-0.3, -0.25) is 4.79 Å². The molecule has 0 saturated carbocycles. The summed E-state index contributed by atoms with van der Waals surface area (Å²) in [7, 11) is 0. The molecule has 2 unspecified atom stereocenters. The van der Waals surface area contributed by atoms with Gasteiger partial charge in [0.25, 0.3) is 0 Å². The van der Waals surface area contributed by atoms with Crippen molar-refractivity contribution in [3.8, 4) is 40.1 Å². The fourth-order valence-electron chi connectivity index (χ4n) is 3.49. The maximum atomic E-state index is 12.6. The van der Waals surface area contributed by atoms with Gasteiger partial charge in [0.2, 0.25) is 17.5 Å². The normalized spacial score (nSPS) is 25.3. The molecule has 12 heteroatoms. The molecule has 0 amide bonds. The van der Waals surface area contributed by atoms with Gasteiger partial charge in [-0.25, -0.2) is 0 Å². The predicted octanol–water partition coefficient (Wildman–Crippen LogP) is -0.539. The summed E-state index contributed by atoms with van der Waals surface area (Å²) in [5.74, 6) is -3.02. The summed E-state index contributed by atoms with van der Waals surface area (Å²) < 4.78 is 16.3. The highest BCUT2D eigenvalue weighted by molar-refractivity contribution is 5.88. The fourth-order valence-corrected chi connectivity index (χ4v) is 3.49. The number of aliphatic hydroxyl groups excluding tert-OH is 4. The van der Waals surface area contributed by atoms with Gasteiger partial charge >= 0.3 is 0 Å². The lowest BCUT2D eigenvalue weighted by Gasteiger charge is -2.39. The van der Waals surface area contributed by atoms with Gasteiger partial charge in [-0.1, -0.05) is 0 Å². The zero-order valence-electron chi connectivity index (χ0n) is 16.7. The molecule has 2 heterocycles. The summed E-state index contributed by atoms with van der Waals surface area (Å²) in [6, 6.07) is 5.55.